The number of hydrogen-bond donors (Lipinski definition) is 0. The molecule has 0 N–H and O–H groups in total. The maximum atomic E-state index is 5.41. The Hall–Kier alpha value is -2.29. The Balaban J connectivity index is 2.19. The molecule has 0 aliphatic carbocycles. The Morgan fingerprint density at radius 1 is 0.941 bits per heavy atom. The number of hydrogen-bond acceptors (Lipinski definition) is 3. The molecule has 0 radical (unpaired) electrons. The minimum atomic E-state index is 0.303. The molecule has 1 aliphatic rings. The van der Waals surface area contributed by atoms with Gasteiger partial charge in [0, 0.05) is 17.0 Å². The highest BCUT2D eigenvalue weighted by atomic mass is 16.7. The van der Waals surface area contributed by atoms with E-state index in [0.29, 0.717) is 6.79 Å². The van der Waals surface area contributed by atoms with Crippen molar-refractivity contribution in [1.29, 1.82) is 0 Å². The Morgan fingerprint density at radius 2 is 1.76 bits per heavy atom. The summed E-state index contributed by atoms with van der Waals surface area (Å²) in [6, 6.07) is 12.2. The summed E-state index contributed by atoms with van der Waals surface area (Å²) in [7, 11) is 0. The number of rotatable bonds is 0. The molecule has 0 bridgehead atoms. The second-order valence-electron chi connectivity index (χ2n) is 4.07. The zero-order chi connectivity index (χ0) is 11.2. The second kappa shape index (κ2) is 3.10. The second-order valence-corrected chi connectivity index (χ2v) is 4.07. The van der Waals surface area contributed by atoms with Gasteiger partial charge in [-0.15, -0.1) is 0 Å². The van der Waals surface area contributed by atoms with Crippen molar-refractivity contribution in [2.24, 2.45) is 0 Å². The summed E-state index contributed by atoms with van der Waals surface area (Å²) in [5, 5.41) is 3.37. The van der Waals surface area contributed by atoms with E-state index in [0.717, 1.165) is 33.2 Å². The lowest BCUT2D eigenvalue weighted by Crippen LogP contribution is -1.92. The van der Waals surface area contributed by atoms with Crippen molar-refractivity contribution >= 4 is 21.7 Å². The van der Waals surface area contributed by atoms with Crippen molar-refractivity contribution in [3.63, 3.8) is 0 Å². The predicted octanol–water partition coefficient (Wildman–Crippen LogP) is 3.12. The van der Waals surface area contributed by atoms with Crippen molar-refractivity contribution in [3.8, 4) is 11.5 Å². The highest BCUT2D eigenvalue weighted by Crippen LogP contribution is 2.37. The van der Waals surface area contributed by atoms with E-state index in [1.165, 1.54) is 0 Å². The lowest BCUT2D eigenvalue weighted by Gasteiger charge is -2.04. The SMILES string of the molecule is c1cnc2c(c1)ccc1cc3c(cc12)OCO3. The first-order chi connectivity index (χ1) is 8.42. The summed E-state index contributed by atoms with van der Waals surface area (Å²) < 4.78 is 10.8. The summed E-state index contributed by atoms with van der Waals surface area (Å²) in [4.78, 5) is 4.44. The van der Waals surface area contributed by atoms with Gasteiger partial charge in [-0.25, -0.2) is 0 Å². The predicted molar refractivity (Wildman–Crippen MR) is 65.4 cm³/mol. The van der Waals surface area contributed by atoms with Crippen LogP contribution in [0.15, 0.2) is 42.6 Å². The van der Waals surface area contributed by atoms with Crippen LogP contribution in [-0.4, -0.2) is 11.8 Å². The molecule has 3 nitrogen and oxygen atoms in total. The quantitative estimate of drug-likeness (QED) is 0.549. The molecule has 3 aromatic rings. The Labute approximate surface area is 97.6 Å². The molecule has 4 rings (SSSR count). The van der Waals surface area contributed by atoms with Crippen LogP contribution >= 0.6 is 0 Å². The van der Waals surface area contributed by atoms with E-state index in [4.69, 9.17) is 9.47 Å². The molecule has 1 aromatic heterocycles. The Morgan fingerprint density at radius 3 is 2.71 bits per heavy atom. The van der Waals surface area contributed by atoms with E-state index < -0.39 is 0 Å². The van der Waals surface area contributed by atoms with Crippen LogP contribution in [-0.2, 0) is 0 Å². The average molecular weight is 223 g/mol. The fourth-order valence-electron chi connectivity index (χ4n) is 2.26. The van der Waals surface area contributed by atoms with Gasteiger partial charge in [0.1, 0.15) is 0 Å². The largest absolute Gasteiger partial charge is 0.454 e. The molecular weight excluding hydrogens is 214 g/mol. The maximum Gasteiger partial charge on any atom is 0.231 e. The first kappa shape index (κ1) is 8.82. The molecule has 2 aromatic carbocycles. The van der Waals surface area contributed by atoms with Crippen LogP contribution in [0, 0.1) is 0 Å². The molecule has 0 unspecified atom stereocenters. The third kappa shape index (κ3) is 1.19. The first-order valence-electron chi connectivity index (χ1n) is 5.49. The molecule has 1 aliphatic heterocycles. The maximum absolute atomic E-state index is 5.41. The van der Waals surface area contributed by atoms with Crippen LogP contribution < -0.4 is 9.47 Å². The van der Waals surface area contributed by atoms with Crippen molar-refractivity contribution < 1.29 is 9.47 Å². The number of aromatic nitrogens is 1. The molecular formula is C14H9NO2. The van der Waals surface area contributed by atoms with Gasteiger partial charge in [-0.05, 0) is 23.6 Å². The van der Waals surface area contributed by atoms with E-state index in [1.807, 2.05) is 24.4 Å². The van der Waals surface area contributed by atoms with Gasteiger partial charge in [-0.3, -0.25) is 4.98 Å². The third-order valence-corrected chi connectivity index (χ3v) is 3.08. The molecule has 82 valence electrons. The lowest BCUT2D eigenvalue weighted by atomic mass is 10.1. The summed E-state index contributed by atoms with van der Waals surface area (Å²) in [5.74, 6) is 1.61. The minimum absolute atomic E-state index is 0.303. The van der Waals surface area contributed by atoms with Gasteiger partial charge in [0.05, 0.1) is 5.52 Å². The van der Waals surface area contributed by atoms with Gasteiger partial charge in [0.25, 0.3) is 0 Å². The fourth-order valence-corrected chi connectivity index (χ4v) is 2.26. The van der Waals surface area contributed by atoms with Gasteiger partial charge in [0.2, 0.25) is 6.79 Å². The van der Waals surface area contributed by atoms with Crippen LogP contribution in [0.1, 0.15) is 0 Å². The zero-order valence-corrected chi connectivity index (χ0v) is 9.01. The Kier molecular flexibility index (Phi) is 1.61. The van der Waals surface area contributed by atoms with E-state index in [1.54, 1.807) is 0 Å². The summed E-state index contributed by atoms with van der Waals surface area (Å²) in [5.41, 5.74) is 1.00. The summed E-state index contributed by atoms with van der Waals surface area (Å²) in [6.07, 6.45) is 1.81. The van der Waals surface area contributed by atoms with E-state index >= 15 is 0 Å². The van der Waals surface area contributed by atoms with Gasteiger partial charge < -0.3 is 9.47 Å². The highest BCUT2D eigenvalue weighted by molar-refractivity contribution is 6.06. The Bertz CT molecular complexity index is 737. The molecule has 2 heterocycles. The van der Waals surface area contributed by atoms with Crippen molar-refractivity contribution in [2.45, 2.75) is 0 Å². The monoisotopic (exact) mass is 223 g/mol. The summed E-state index contributed by atoms with van der Waals surface area (Å²) >= 11 is 0. The van der Waals surface area contributed by atoms with Crippen LogP contribution in [0.4, 0.5) is 0 Å². The number of pyridine rings is 1. The van der Waals surface area contributed by atoms with E-state index in [2.05, 4.69) is 23.2 Å². The fraction of sp³-hybridized carbons (Fsp3) is 0.0714. The van der Waals surface area contributed by atoms with Crippen LogP contribution in [0.3, 0.4) is 0 Å². The zero-order valence-electron chi connectivity index (χ0n) is 9.01. The normalized spacial score (nSPS) is 13.4. The van der Waals surface area contributed by atoms with Crippen molar-refractivity contribution in [1.82, 2.24) is 4.98 Å². The van der Waals surface area contributed by atoms with E-state index in [9.17, 15) is 0 Å². The first-order valence-corrected chi connectivity index (χ1v) is 5.49. The van der Waals surface area contributed by atoms with E-state index in [-0.39, 0.29) is 0 Å². The van der Waals surface area contributed by atoms with Gasteiger partial charge in [-0.1, -0.05) is 18.2 Å². The molecule has 0 saturated carbocycles. The van der Waals surface area contributed by atoms with Gasteiger partial charge in [0.15, 0.2) is 11.5 Å². The van der Waals surface area contributed by atoms with Gasteiger partial charge in [-0.2, -0.15) is 0 Å². The molecule has 17 heavy (non-hydrogen) atoms. The minimum Gasteiger partial charge on any atom is -0.454 e. The van der Waals surface area contributed by atoms with Gasteiger partial charge >= 0.3 is 0 Å². The molecule has 0 amide bonds. The number of nitrogens with zero attached hydrogens (tertiary/aromatic N) is 1. The number of benzene rings is 2. The highest BCUT2D eigenvalue weighted by Gasteiger charge is 2.15. The smallest absolute Gasteiger partial charge is 0.231 e. The average Bonchev–Trinajstić information content (AvgIpc) is 2.83. The third-order valence-electron chi connectivity index (χ3n) is 3.08. The molecule has 3 heteroatoms. The lowest BCUT2D eigenvalue weighted by molar-refractivity contribution is 0.174. The van der Waals surface area contributed by atoms with Crippen molar-refractivity contribution in [2.75, 3.05) is 6.79 Å². The summed E-state index contributed by atoms with van der Waals surface area (Å²) in [6.45, 7) is 0.303. The number of ether oxygens (including phenoxy) is 2. The molecule has 0 saturated heterocycles. The topological polar surface area (TPSA) is 31.4 Å². The number of fused-ring (bicyclic) bond motifs is 4. The molecule has 0 spiro atoms. The van der Waals surface area contributed by atoms with Crippen LogP contribution in [0.2, 0.25) is 0 Å². The van der Waals surface area contributed by atoms with Crippen molar-refractivity contribution in [3.05, 3.63) is 42.6 Å². The molecule has 0 fully saturated rings. The van der Waals surface area contributed by atoms with Crippen LogP contribution in [0.5, 0.6) is 11.5 Å². The standard InChI is InChI=1S/C14H9NO2/c1-2-9-3-4-10-6-12-13(17-8-16-12)7-11(10)14(9)15-5-1/h1-7H,8H2. The van der Waals surface area contributed by atoms with Crippen LogP contribution in [0.25, 0.3) is 21.7 Å². The molecule has 0 atom stereocenters.